The van der Waals surface area contributed by atoms with Crippen LogP contribution in [0, 0.1) is 0 Å². The Kier molecular flexibility index (Phi) is 2.09. The summed E-state index contributed by atoms with van der Waals surface area (Å²) in [5.41, 5.74) is 0. The summed E-state index contributed by atoms with van der Waals surface area (Å²) < 4.78 is 15.4. The summed E-state index contributed by atoms with van der Waals surface area (Å²) in [5, 5.41) is 9.27. The molecule has 0 aromatic carbocycles. The van der Waals surface area contributed by atoms with Crippen LogP contribution >= 0.6 is 0 Å². The second-order valence-electron chi connectivity index (χ2n) is 2.89. The van der Waals surface area contributed by atoms with Gasteiger partial charge in [0.25, 0.3) is 0 Å². The molecule has 0 aliphatic carbocycles. The van der Waals surface area contributed by atoms with Crippen molar-refractivity contribution in [1.29, 1.82) is 0 Å². The van der Waals surface area contributed by atoms with Crippen LogP contribution in [-0.2, 0) is 14.2 Å². The average Bonchev–Trinajstić information content (AvgIpc) is 2.27. The highest BCUT2D eigenvalue weighted by Crippen LogP contribution is 2.18. The normalized spacial score (nSPS) is 39.0. The van der Waals surface area contributed by atoms with E-state index in [1.807, 2.05) is 0 Å². The molecule has 0 radical (unpaired) electrons. The summed E-state index contributed by atoms with van der Waals surface area (Å²) in [5.74, 6) is 0. The molecule has 2 unspecified atom stereocenters. The van der Waals surface area contributed by atoms with Gasteiger partial charge < -0.3 is 19.3 Å². The molecule has 2 fully saturated rings. The summed E-state index contributed by atoms with van der Waals surface area (Å²) in [7, 11) is 0. The highest BCUT2D eigenvalue weighted by molar-refractivity contribution is 4.72. The van der Waals surface area contributed by atoms with Crippen molar-refractivity contribution in [3.8, 4) is 0 Å². The van der Waals surface area contributed by atoms with E-state index in [1.165, 1.54) is 0 Å². The van der Waals surface area contributed by atoms with Crippen LogP contribution in [0.15, 0.2) is 0 Å². The molecule has 11 heavy (non-hydrogen) atoms. The van der Waals surface area contributed by atoms with Crippen LogP contribution in [0.1, 0.15) is 6.42 Å². The fourth-order valence-electron chi connectivity index (χ4n) is 1.16. The zero-order chi connectivity index (χ0) is 7.68. The van der Waals surface area contributed by atoms with Crippen LogP contribution < -0.4 is 0 Å². The molecule has 2 heterocycles. The van der Waals surface area contributed by atoms with Crippen LogP contribution in [0.4, 0.5) is 0 Å². The number of rotatable bonds is 2. The molecule has 0 saturated carbocycles. The van der Waals surface area contributed by atoms with E-state index in [4.69, 9.17) is 14.2 Å². The van der Waals surface area contributed by atoms with Gasteiger partial charge >= 0.3 is 0 Å². The van der Waals surface area contributed by atoms with Crippen molar-refractivity contribution >= 4 is 0 Å². The van der Waals surface area contributed by atoms with Crippen molar-refractivity contribution in [3.63, 3.8) is 0 Å². The van der Waals surface area contributed by atoms with Crippen LogP contribution in [0.5, 0.6) is 0 Å². The first-order chi connectivity index (χ1) is 5.36. The summed E-state index contributed by atoms with van der Waals surface area (Å²) in [4.78, 5) is 0. The van der Waals surface area contributed by atoms with Gasteiger partial charge in [-0.2, -0.15) is 0 Å². The monoisotopic (exact) mass is 160 g/mol. The maximum atomic E-state index is 9.27. The van der Waals surface area contributed by atoms with Gasteiger partial charge in [0.05, 0.1) is 19.8 Å². The van der Waals surface area contributed by atoms with E-state index in [0.717, 1.165) is 0 Å². The maximum Gasteiger partial charge on any atom is 0.184 e. The van der Waals surface area contributed by atoms with Crippen LogP contribution in [0.2, 0.25) is 0 Å². The second kappa shape index (κ2) is 3.06. The standard InChI is InChI=1S/C7H12O4/c8-6-1-2-10-7(6)11-5-3-9-4-5/h5-8H,1-4H2. The molecular formula is C7H12O4. The highest BCUT2D eigenvalue weighted by atomic mass is 16.7. The first kappa shape index (κ1) is 7.49. The quantitative estimate of drug-likeness (QED) is 0.592. The predicted molar refractivity (Wildman–Crippen MR) is 36.1 cm³/mol. The van der Waals surface area contributed by atoms with E-state index >= 15 is 0 Å². The number of hydrogen-bond acceptors (Lipinski definition) is 4. The molecular weight excluding hydrogens is 148 g/mol. The van der Waals surface area contributed by atoms with E-state index in [0.29, 0.717) is 26.2 Å². The molecule has 4 nitrogen and oxygen atoms in total. The summed E-state index contributed by atoms with van der Waals surface area (Å²) in [6, 6.07) is 0. The van der Waals surface area contributed by atoms with Crippen LogP contribution in [-0.4, -0.2) is 43.4 Å². The molecule has 0 amide bonds. The molecule has 2 atom stereocenters. The van der Waals surface area contributed by atoms with Crippen molar-refractivity contribution in [1.82, 2.24) is 0 Å². The summed E-state index contributed by atoms with van der Waals surface area (Å²) in [6.07, 6.45) is -0.0506. The molecule has 2 rings (SSSR count). The van der Waals surface area contributed by atoms with Gasteiger partial charge in [0.2, 0.25) is 0 Å². The van der Waals surface area contributed by atoms with Crippen molar-refractivity contribution in [2.45, 2.75) is 24.9 Å². The van der Waals surface area contributed by atoms with E-state index in [-0.39, 0.29) is 6.10 Å². The van der Waals surface area contributed by atoms with E-state index in [2.05, 4.69) is 0 Å². The summed E-state index contributed by atoms with van der Waals surface area (Å²) >= 11 is 0. The topological polar surface area (TPSA) is 47.9 Å². The van der Waals surface area contributed by atoms with E-state index < -0.39 is 12.4 Å². The minimum Gasteiger partial charge on any atom is -0.388 e. The number of aliphatic hydroxyl groups is 1. The molecule has 2 aliphatic rings. The number of hydrogen-bond donors (Lipinski definition) is 1. The van der Waals surface area contributed by atoms with Gasteiger partial charge in [-0.05, 0) is 0 Å². The zero-order valence-corrected chi connectivity index (χ0v) is 6.23. The Morgan fingerprint density at radius 1 is 1.36 bits per heavy atom. The second-order valence-corrected chi connectivity index (χ2v) is 2.89. The molecule has 0 aromatic rings. The third-order valence-electron chi connectivity index (χ3n) is 1.94. The molecule has 2 saturated heterocycles. The van der Waals surface area contributed by atoms with Gasteiger partial charge in [-0.3, -0.25) is 0 Å². The fraction of sp³-hybridized carbons (Fsp3) is 1.00. The van der Waals surface area contributed by atoms with Crippen molar-refractivity contribution in [2.24, 2.45) is 0 Å². The highest BCUT2D eigenvalue weighted by Gasteiger charge is 2.32. The van der Waals surface area contributed by atoms with Crippen molar-refractivity contribution < 1.29 is 19.3 Å². The van der Waals surface area contributed by atoms with Gasteiger partial charge in [0.1, 0.15) is 12.2 Å². The minimum absolute atomic E-state index is 0.132. The van der Waals surface area contributed by atoms with Gasteiger partial charge in [-0.25, -0.2) is 0 Å². The fourth-order valence-corrected chi connectivity index (χ4v) is 1.16. The molecule has 64 valence electrons. The number of aliphatic hydroxyl groups excluding tert-OH is 1. The lowest BCUT2D eigenvalue weighted by atomic mass is 10.3. The molecule has 0 aromatic heterocycles. The van der Waals surface area contributed by atoms with Gasteiger partial charge in [0.15, 0.2) is 6.29 Å². The van der Waals surface area contributed by atoms with Crippen LogP contribution in [0.25, 0.3) is 0 Å². The Balaban J connectivity index is 1.75. The first-order valence-electron chi connectivity index (χ1n) is 3.89. The summed E-state index contributed by atoms with van der Waals surface area (Å²) in [6.45, 7) is 1.86. The predicted octanol–water partition coefficient (Wildman–Crippen LogP) is -0.491. The minimum atomic E-state index is -0.449. The number of ether oxygens (including phenoxy) is 3. The third-order valence-corrected chi connectivity index (χ3v) is 1.94. The lowest BCUT2D eigenvalue weighted by Crippen LogP contribution is -2.41. The largest absolute Gasteiger partial charge is 0.388 e. The Labute approximate surface area is 65.1 Å². The molecule has 0 bridgehead atoms. The van der Waals surface area contributed by atoms with Crippen molar-refractivity contribution in [2.75, 3.05) is 19.8 Å². The molecule has 4 heteroatoms. The molecule has 2 aliphatic heterocycles. The smallest absolute Gasteiger partial charge is 0.184 e. The average molecular weight is 160 g/mol. The van der Waals surface area contributed by atoms with Gasteiger partial charge in [-0.1, -0.05) is 0 Å². The SMILES string of the molecule is OC1CCOC1OC1COC1. The third kappa shape index (κ3) is 1.54. The van der Waals surface area contributed by atoms with E-state index in [1.54, 1.807) is 0 Å². The Morgan fingerprint density at radius 3 is 2.64 bits per heavy atom. The van der Waals surface area contributed by atoms with Gasteiger partial charge in [0, 0.05) is 6.42 Å². The zero-order valence-electron chi connectivity index (χ0n) is 6.23. The Bertz CT molecular complexity index is 134. The maximum absolute atomic E-state index is 9.27. The van der Waals surface area contributed by atoms with E-state index in [9.17, 15) is 5.11 Å². The van der Waals surface area contributed by atoms with Crippen molar-refractivity contribution in [3.05, 3.63) is 0 Å². The lowest BCUT2D eigenvalue weighted by Gasteiger charge is -2.29. The van der Waals surface area contributed by atoms with Crippen LogP contribution in [0.3, 0.4) is 0 Å². The Hall–Kier alpha value is -0.160. The molecule has 1 N–H and O–H groups in total. The lowest BCUT2D eigenvalue weighted by molar-refractivity contribution is -0.232. The Morgan fingerprint density at radius 2 is 2.18 bits per heavy atom. The van der Waals surface area contributed by atoms with Gasteiger partial charge in [-0.15, -0.1) is 0 Å². The first-order valence-corrected chi connectivity index (χ1v) is 3.89. The molecule has 0 spiro atoms.